The number of nitrogens with one attached hydrogen (secondary N) is 1. The highest BCUT2D eigenvalue weighted by molar-refractivity contribution is 5.97. The molecule has 0 saturated carbocycles. The maximum atomic E-state index is 15.1. The maximum Gasteiger partial charge on any atom is 0.411 e. The molecule has 2 N–H and O–H groups in total. The third-order valence-electron chi connectivity index (χ3n) is 7.48. The number of pyridine rings is 1. The zero-order valence-corrected chi connectivity index (χ0v) is 23.6. The van der Waals surface area contributed by atoms with Crippen molar-refractivity contribution in [1.29, 1.82) is 0 Å². The number of carbonyl (C=O) groups excluding carboxylic acids is 1. The van der Waals surface area contributed by atoms with Gasteiger partial charge in [0.05, 0.1) is 18.8 Å². The lowest BCUT2D eigenvalue weighted by Gasteiger charge is -2.38. The first-order valence-electron chi connectivity index (χ1n) is 13.3. The molecule has 45 heavy (non-hydrogen) atoms. The van der Waals surface area contributed by atoms with Crippen molar-refractivity contribution in [1.82, 2.24) is 23.8 Å². The maximum absolute atomic E-state index is 15.1. The molecule has 5 rings (SSSR count). The molecule has 3 aromatic heterocycles. The fourth-order valence-corrected chi connectivity index (χ4v) is 5.20. The Kier molecular flexibility index (Phi) is 8.22. The number of morpholine rings is 1. The van der Waals surface area contributed by atoms with Crippen molar-refractivity contribution in [3.05, 3.63) is 86.6 Å². The molecular weight excluding hydrogens is 611 g/mol. The zero-order valence-electron chi connectivity index (χ0n) is 23.6. The van der Waals surface area contributed by atoms with Crippen molar-refractivity contribution in [3.8, 4) is 11.1 Å². The number of alkyl halides is 3. The summed E-state index contributed by atoms with van der Waals surface area (Å²) in [6.07, 6.45) is -0.967. The van der Waals surface area contributed by atoms with E-state index in [1.165, 1.54) is 53.8 Å². The highest BCUT2D eigenvalue weighted by Gasteiger charge is 2.46. The number of nitrogens with zero attached hydrogens (tertiary/aromatic N) is 5. The SMILES string of the molecule is Cn1cc(-c2ccc(CC(NC(=O)c3c(F)cc(N4CCOCC4C(F)(F)F)cc3F)C(=O)O)n3ccnc23)c(=O)n(C)c1=O. The molecule has 0 radical (unpaired) electrons. The number of carboxylic acids is 1. The first-order valence-corrected chi connectivity index (χ1v) is 13.3. The number of hydrogen-bond donors (Lipinski definition) is 2. The van der Waals surface area contributed by atoms with Crippen LogP contribution in [0.4, 0.5) is 27.6 Å². The molecular formula is C28H25F5N6O6. The number of imidazole rings is 1. The number of aliphatic carboxylic acids is 1. The summed E-state index contributed by atoms with van der Waals surface area (Å²) in [6, 6.07) is 0.227. The second-order valence-corrected chi connectivity index (χ2v) is 10.3. The molecule has 1 aromatic carbocycles. The van der Waals surface area contributed by atoms with Gasteiger partial charge in [-0.2, -0.15) is 13.2 Å². The van der Waals surface area contributed by atoms with Crippen LogP contribution in [0, 0.1) is 11.6 Å². The van der Waals surface area contributed by atoms with Crippen LogP contribution in [-0.2, 0) is 30.0 Å². The number of carboxylic acid groups (broad SMARTS) is 1. The minimum Gasteiger partial charge on any atom is -0.480 e. The quantitative estimate of drug-likeness (QED) is 0.293. The lowest BCUT2D eigenvalue weighted by Crippen LogP contribution is -2.53. The molecule has 0 aliphatic carbocycles. The fourth-order valence-electron chi connectivity index (χ4n) is 5.20. The van der Waals surface area contributed by atoms with Crippen LogP contribution in [0.5, 0.6) is 0 Å². The van der Waals surface area contributed by atoms with Crippen molar-refractivity contribution in [3.63, 3.8) is 0 Å². The first kappa shape index (κ1) is 31.4. The summed E-state index contributed by atoms with van der Waals surface area (Å²) in [6.45, 7) is -1.18. The van der Waals surface area contributed by atoms with E-state index in [1.54, 1.807) is 0 Å². The number of hydrogen-bond acceptors (Lipinski definition) is 7. The van der Waals surface area contributed by atoms with Crippen LogP contribution in [0.25, 0.3) is 16.8 Å². The Balaban J connectivity index is 1.42. The first-order chi connectivity index (χ1) is 21.2. The van der Waals surface area contributed by atoms with Crippen LogP contribution in [0.3, 0.4) is 0 Å². The van der Waals surface area contributed by atoms with Gasteiger partial charge in [0, 0.05) is 62.6 Å². The Hall–Kier alpha value is -5.06. The van der Waals surface area contributed by atoms with Crippen LogP contribution in [0.2, 0.25) is 0 Å². The van der Waals surface area contributed by atoms with E-state index in [0.717, 1.165) is 9.47 Å². The molecule has 4 aromatic rings. The molecule has 1 aliphatic rings. The van der Waals surface area contributed by atoms with Gasteiger partial charge in [0.25, 0.3) is 11.5 Å². The molecule has 1 amide bonds. The highest BCUT2D eigenvalue weighted by atomic mass is 19.4. The third kappa shape index (κ3) is 5.90. The smallest absolute Gasteiger partial charge is 0.411 e. The summed E-state index contributed by atoms with van der Waals surface area (Å²) in [4.78, 5) is 54.9. The number of anilines is 1. The molecule has 4 heterocycles. The molecule has 2 atom stereocenters. The van der Waals surface area contributed by atoms with Crippen LogP contribution in [0.15, 0.2) is 52.4 Å². The van der Waals surface area contributed by atoms with Gasteiger partial charge in [-0.25, -0.2) is 23.4 Å². The van der Waals surface area contributed by atoms with Gasteiger partial charge in [0.1, 0.15) is 34.9 Å². The number of aryl methyl sites for hydroxylation is 1. The van der Waals surface area contributed by atoms with Crippen molar-refractivity contribution in [2.75, 3.05) is 24.7 Å². The predicted molar refractivity (Wildman–Crippen MR) is 148 cm³/mol. The second kappa shape index (κ2) is 11.8. The number of ether oxygens (including phenoxy) is 1. The summed E-state index contributed by atoms with van der Waals surface area (Å²) in [5, 5.41) is 11.9. The van der Waals surface area contributed by atoms with Crippen molar-refractivity contribution in [2.45, 2.75) is 24.7 Å². The number of carbonyl (C=O) groups is 2. The average Bonchev–Trinajstić information content (AvgIpc) is 3.47. The average molecular weight is 637 g/mol. The van der Waals surface area contributed by atoms with Crippen LogP contribution in [-0.4, -0.2) is 73.5 Å². The zero-order chi connectivity index (χ0) is 32.8. The standard InChI is InChI=1S/C28H25F5N6O6/c1-36-12-17(25(41)37(2)27(36)44)16-4-3-14(39-6-5-34-23(16)39)11-20(26(42)43)35-24(40)22-18(29)9-15(10-19(22)30)38-7-8-45-13-21(38)28(31,32)33/h3-6,9-10,12,20-21H,7-8,11,13H2,1-2H3,(H,35,40)(H,42,43). The number of fused-ring (bicyclic) bond motifs is 1. The van der Waals surface area contributed by atoms with Gasteiger partial charge in [-0.05, 0) is 24.3 Å². The van der Waals surface area contributed by atoms with E-state index in [1.807, 2.05) is 0 Å². The van der Waals surface area contributed by atoms with E-state index in [0.29, 0.717) is 17.7 Å². The van der Waals surface area contributed by atoms with E-state index in [9.17, 15) is 37.5 Å². The lowest BCUT2D eigenvalue weighted by atomic mass is 10.1. The molecule has 0 bridgehead atoms. The number of amides is 1. The van der Waals surface area contributed by atoms with Gasteiger partial charge in [-0.1, -0.05) is 0 Å². The molecule has 1 fully saturated rings. The minimum atomic E-state index is -4.76. The Morgan fingerprint density at radius 3 is 2.47 bits per heavy atom. The summed E-state index contributed by atoms with van der Waals surface area (Å²) in [7, 11) is 2.77. The molecule has 12 nitrogen and oxygen atoms in total. The van der Waals surface area contributed by atoms with Crippen molar-refractivity contribution < 1.29 is 41.4 Å². The number of halogens is 5. The third-order valence-corrected chi connectivity index (χ3v) is 7.48. The summed E-state index contributed by atoms with van der Waals surface area (Å²) in [5.74, 6) is -5.96. The van der Waals surface area contributed by atoms with E-state index >= 15 is 8.78 Å². The Labute approximate surface area is 249 Å². The van der Waals surface area contributed by atoms with Gasteiger partial charge < -0.3 is 29.0 Å². The Morgan fingerprint density at radius 1 is 1.13 bits per heavy atom. The lowest BCUT2D eigenvalue weighted by molar-refractivity contribution is -0.167. The Morgan fingerprint density at radius 2 is 1.82 bits per heavy atom. The van der Waals surface area contributed by atoms with Gasteiger partial charge in [-0.15, -0.1) is 0 Å². The van der Waals surface area contributed by atoms with Crippen molar-refractivity contribution in [2.24, 2.45) is 14.1 Å². The summed E-state index contributed by atoms with van der Waals surface area (Å²) < 4.78 is 79.0. The molecule has 238 valence electrons. The monoisotopic (exact) mass is 636 g/mol. The van der Waals surface area contributed by atoms with Crippen LogP contribution >= 0.6 is 0 Å². The minimum absolute atomic E-state index is 0.120. The highest BCUT2D eigenvalue weighted by Crippen LogP contribution is 2.33. The van der Waals surface area contributed by atoms with Gasteiger partial charge >= 0.3 is 17.8 Å². The van der Waals surface area contributed by atoms with E-state index in [2.05, 4.69) is 10.3 Å². The molecule has 2 unspecified atom stereocenters. The molecule has 17 heteroatoms. The van der Waals surface area contributed by atoms with Gasteiger partial charge in [-0.3, -0.25) is 14.2 Å². The van der Waals surface area contributed by atoms with Gasteiger partial charge in [0.15, 0.2) is 0 Å². The van der Waals surface area contributed by atoms with Crippen molar-refractivity contribution >= 4 is 23.2 Å². The number of rotatable bonds is 7. The van der Waals surface area contributed by atoms with Gasteiger partial charge in [0.2, 0.25) is 0 Å². The molecule has 1 aliphatic heterocycles. The number of aromatic nitrogens is 4. The number of benzene rings is 1. The fraction of sp³-hybridized carbons (Fsp3) is 0.321. The molecule has 1 saturated heterocycles. The molecule has 0 spiro atoms. The van der Waals surface area contributed by atoms with E-state index < -0.39 is 77.3 Å². The summed E-state index contributed by atoms with van der Waals surface area (Å²) >= 11 is 0. The van der Waals surface area contributed by atoms with Crippen LogP contribution < -0.4 is 21.5 Å². The predicted octanol–water partition coefficient (Wildman–Crippen LogP) is 1.87. The van der Waals surface area contributed by atoms with E-state index in [-0.39, 0.29) is 30.1 Å². The van der Waals surface area contributed by atoms with Crippen LogP contribution in [0.1, 0.15) is 16.1 Å². The second-order valence-electron chi connectivity index (χ2n) is 10.3. The van der Waals surface area contributed by atoms with E-state index in [4.69, 9.17) is 4.74 Å². The largest absolute Gasteiger partial charge is 0.480 e. The topological polar surface area (TPSA) is 140 Å². The Bertz CT molecular complexity index is 1910. The summed E-state index contributed by atoms with van der Waals surface area (Å²) in [5.41, 5.74) is -1.80. The normalized spacial score (nSPS) is 16.2.